The fourth-order valence-electron chi connectivity index (χ4n) is 2.43. The number of rotatable bonds is 7. The number of anilines is 1. The van der Waals surface area contributed by atoms with Crippen LogP contribution < -0.4 is 10.6 Å². The van der Waals surface area contributed by atoms with Crippen molar-refractivity contribution in [2.24, 2.45) is 0 Å². The third-order valence-electron chi connectivity index (χ3n) is 3.64. The number of hydrogen-bond donors (Lipinski definition) is 2. The van der Waals surface area contributed by atoms with Crippen molar-refractivity contribution in [1.29, 1.82) is 5.26 Å². The number of carbonyl (C=O) groups excluding carboxylic acids is 3. The first kappa shape index (κ1) is 19.7. The van der Waals surface area contributed by atoms with Gasteiger partial charge in [0.25, 0.3) is 5.91 Å². The van der Waals surface area contributed by atoms with Crippen molar-refractivity contribution >= 4 is 23.5 Å². The van der Waals surface area contributed by atoms with Gasteiger partial charge in [-0.25, -0.2) is 0 Å². The summed E-state index contributed by atoms with van der Waals surface area (Å²) in [4.78, 5) is 35.4. The van der Waals surface area contributed by atoms with E-state index in [1.165, 1.54) is 6.92 Å². The molecular formula is C20H19N3O4. The minimum absolute atomic E-state index is 0.106. The van der Waals surface area contributed by atoms with Gasteiger partial charge < -0.3 is 15.4 Å². The number of nitrogens with zero attached hydrogens (tertiary/aromatic N) is 1. The van der Waals surface area contributed by atoms with E-state index in [9.17, 15) is 14.4 Å². The lowest BCUT2D eigenvalue weighted by molar-refractivity contribution is -0.148. The van der Waals surface area contributed by atoms with Crippen molar-refractivity contribution in [3.63, 3.8) is 0 Å². The Labute approximate surface area is 156 Å². The number of nitriles is 1. The predicted molar refractivity (Wildman–Crippen MR) is 98.4 cm³/mol. The number of para-hydroxylation sites is 1. The maximum atomic E-state index is 12.1. The maximum Gasteiger partial charge on any atom is 0.308 e. The van der Waals surface area contributed by atoms with Gasteiger partial charge in [0.05, 0.1) is 23.7 Å². The SMILES string of the molecule is CC(=O)N[C@@H](CC(=O)OCC(=O)Nc1ccccc1C#N)c1ccccc1. The van der Waals surface area contributed by atoms with Gasteiger partial charge in [-0.15, -0.1) is 0 Å². The smallest absolute Gasteiger partial charge is 0.308 e. The summed E-state index contributed by atoms with van der Waals surface area (Å²) in [5.74, 6) is -1.45. The van der Waals surface area contributed by atoms with Crippen LogP contribution in [0.15, 0.2) is 54.6 Å². The summed E-state index contributed by atoms with van der Waals surface area (Å²) < 4.78 is 5.00. The highest BCUT2D eigenvalue weighted by Gasteiger charge is 2.19. The predicted octanol–water partition coefficient (Wildman–Crippen LogP) is 2.31. The lowest BCUT2D eigenvalue weighted by Gasteiger charge is -2.17. The van der Waals surface area contributed by atoms with E-state index < -0.39 is 24.5 Å². The Bertz CT molecular complexity index is 859. The number of amides is 2. The second-order valence-electron chi connectivity index (χ2n) is 5.73. The third-order valence-corrected chi connectivity index (χ3v) is 3.64. The van der Waals surface area contributed by atoms with Crippen molar-refractivity contribution in [2.75, 3.05) is 11.9 Å². The highest BCUT2D eigenvalue weighted by molar-refractivity contribution is 5.94. The van der Waals surface area contributed by atoms with Crippen molar-refractivity contribution in [1.82, 2.24) is 5.32 Å². The molecule has 0 unspecified atom stereocenters. The van der Waals surface area contributed by atoms with Gasteiger partial charge in [-0.05, 0) is 17.7 Å². The summed E-state index contributed by atoms with van der Waals surface area (Å²) in [5, 5.41) is 14.2. The summed E-state index contributed by atoms with van der Waals surface area (Å²) in [6, 6.07) is 17.0. The molecule has 1 atom stereocenters. The summed E-state index contributed by atoms with van der Waals surface area (Å²) in [5.41, 5.74) is 1.42. The molecule has 0 saturated heterocycles. The number of esters is 1. The lowest BCUT2D eigenvalue weighted by atomic mass is 10.0. The molecule has 27 heavy (non-hydrogen) atoms. The number of nitrogens with one attached hydrogen (secondary N) is 2. The van der Waals surface area contributed by atoms with Crippen LogP contribution in [-0.2, 0) is 19.1 Å². The topological polar surface area (TPSA) is 108 Å². The standard InChI is InChI=1S/C20H19N3O4/c1-14(24)22-18(15-7-3-2-4-8-15)11-20(26)27-13-19(25)23-17-10-6-5-9-16(17)12-21/h2-10,18H,11,13H2,1H3,(H,22,24)(H,23,25)/t18-/m0/s1. The van der Waals surface area contributed by atoms with Gasteiger partial charge in [-0.2, -0.15) is 5.26 Å². The van der Waals surface area contributed by atoms with Crippen LogP contribution in [0.3, 0.4) is 0 Å². The molecule has 2 amide bonds. The third kappa shape index (κ3) is 6.29. The number of carbonyl (C=O) groups is 3. The molecule has 0 aliphatic rings. The Balaban J connectivity index is 1.91. The van der Waals surface area contributed by atoms with Crippen LogP contribution in [0.2, 0.25) is 0 Å². The maximum absolute atomic E-state index is 12.1. The summed E-state index contributed by atoms with van der Waals surface area (Å²) >= 11 is 0. The number of benzene rings is 2. The molecule has 0 spiro atoms. The molecule has 7 nitrogen and oxygen atoms in total. The normalized spacial score (nSPS) is 11.0. The Morgan fingerprint density at radius 3 is 2.41 bits per heavy atom. The summed E-state index contributed by atoms with van der Waals surface area (Å²) in [6.45, 7) is 0.877. The van der Waals surface area contributed by atoms with Crippen molar-refractivity contribution in [3.8, 4) is 6.07 Å². The largest absolute Gasteiger partial charge is 0.455 e. The molecule has 0 aliphatic heterocycles. The molecule has 2 aromatic rings. The molecule has 0 fully saturated rings. The van der Waals surface area contributed by atoms with Crippen LogP contribution in [0.25, 0.3) is 0 Å². The van der Waals surface area contributed by atoms with Crippen LogP contribution in [0.1, 0.15) is 30.5 Å². The molecule has 0 heterocycles. The van der Waals surface area contributed by atoms with E-state index >= 15 is 0 Å². The van der Waals surface area contributed by atoms with Crippen LogP contribution >= 0.6 is 0 Å². The molecule has 0 saturated carbocycles. The minimum Gasteiger partial charge on any atom is -0.455 e. The zero-order valence-corrected chi connectivity index (χ0v) is 14.8. The first-order valence-corrected chi connectivity index (χ1v) is 8.26. The fourth-order valence-corrected chi connectivity index (χ4v) is 2.43. The van der Waals surface area contributed by atoms with Gasteiger partial charge in [0.1, 0.15) is 6.07 Å². The average Bonchev–Trinajstić information content (AvgIpc) is 2.66. The molecule has 7 heteroatoms. The van der Waals surface area contributed by atoms with Gasteiger partial charge in [0.15, 0.2) is 6.61 Å². The van der Waals surface area contributed by atoms with E-state index in [1.54, 1.807) is 48.5 Å². The zero-order chi connectivity index (χ0) is 19.6. The minimum atomic E-state index is -0.624. The monoisotopic (exact) mass is 365 g/mol. The van der Waals surface area contributed by atoms with Gasteiger partial charge in [0.2, 0.25) is 5.91 Å². The fraction of sp³-hybridized carbons (Fsp3) is 0.200. The first-order chi connectivity index (χ1) is 13.0. The second kappa shape index (κ2) is 9.73. The van der Waals surface area contributed by atoms with E-state index in [2.05, 4.69) is 10.6 Å². The Hall–Kier alpha value is -3.66. The Morgan fingerprint density at radius 2 is 1.74 bits per heavy atom. The van der Waals surface area contributed by atoms with Crippen molar-refractivity contribution < 1.29 is 19.1 Å². The van der Waals surface area contributed by atoms with Crippen LogP contribution in [0.4, 0.5) is 5.69 Å². The quantitative estimate of drug-likeness (QED) is 0.732. The highest BCUT2D eigenvalue weighted by Crippen LogP contribution is 2.17. The first-order valence-electron chi connectivity index (χ1n) is 8.26. The van der Waals surface area contributed by atoms with E-state index in [0.29, 0.717) is 11.3 Å². The van der Waals surface area contributed by atoms with E-state index in [0.717, 1.165) is 5.56 Å². The number of hydrogen-bond acceptors (Lipinski definition) is 5. The second-order valence-corrected chi connectivity index (χ2v) is 5.73. The van der Waals surface area contributed by atoms with Gasteiger partial charge in [-0.1, -0.05) is 42.5 Å². The average molecular weight is 365 g/mol. The Kier molecular flexibility index (Phi) is 7.08. The lowest BCUT2D eigenvalue weighted by Crippen LogP contribution is -2.29. The van der Waals surface area contributed by atoms with Crippen LogP contribution in [-0.4, -0.2) is 24.4 Å². The Morgan fingerprint density at radius 1 is 1.07 bits per heavy atom. The van der Waals surface area contributed by atoms with E-state index in [-0.39, 0.29) is 12.3 Å². The number of ether oxygens (including phenoxy) is 1. The zero-order valence-electron chi connectivity index (χ0n) is 14.8. The van der Waals surface area contributed by atoms with Gasteiger partial charge >= 0.3 is 5.97 Å². The molecular weight excluding hydrogens is 346 g/mol. The molecule has 2 aromatic carbocycles. The van der Waals surface area contributed by atoms with E-state index in [1.807, 2.05) is 12.1 Å². The molecule has 2 rings (SSSR count). The van der Waals surface area contributed by atoms with E-state index in [4.69, 9.17) is 10.00 Å². The molecule has 0 bridgehead atoms. The van der Waals surface area contributed by atoms with Gasteiger partial charge in [-0.3, -0.25) is 14.4 Å². The molecule has 0 radical (unpaired) electrons. The van der Waals surface area contributed by atoms with Crippen molar-refractivity contribution in [3.05, 3.63) is 65.7 Å². The molecule has 0 aliphatic carbocycles. The van der Waals surface area contributed by atoms with Crippen LogP contribution in [0.5, 0.6) is 0 Å². The van der Waals surface area contributed by atoms with Crippen molar-refractivity contribution in [2.45, 2.75) is 19.4 Å². The van der Waals surface area contributed by atoms with Crippen LogP contribution in [0, 0.1) is 11.3 Å². The summed E-state index contributed by atoms with van der Waals surface area (Å²) in [7, 11) is 0. The highest BCUT2D eigenvalue weighted by atomic mass is 16.5. The molecule has 138 valence electrons. The summed E-state index contributed by atoms with van der Waals surface area (Å²) in [6.07, 6.45) is -0.106. The van der Waals surface area contributed by atoms with Gasteiger partial charge in [0, 0.05) is 6.92 Å². The molecule has 2 N–H and O–H groups in total. The molecule has 0 aromatic heterocycles.